The van der Waals surface area contributed by atoms with E-state index in [1.165, 1.54) is 0 Å². The summed E-state index contributed by atoms with van der Waals surface area (Å²) in [5.41, 5.74) is -0.000242. The first-order valence-electron chi connectivity index (χ1n) is 6.12. The van der Waals surface area contributed by atoms with Crippen LogP contribution in [0.5, 0.6) is 0 Å². The minimum atomic E-state index is -0.959. The monoisotopic (exact) mass is 264 g/mol. The number of hydrogen-bond acceptors (Lipinski definition) is 3. The van der Waals surface area contributed by atoms with Crippen LogP contribution in [0.4, 0.5) is 0 Å². The summed E-state index contributed by atoms with van der Waals surface area (Å²) in [6.45, 7) is 3.81. The Balaban J connectivity index is 2.77. The van der Waals surface area contributed by atoms with Crippen LogP contribution in [0.15, 0.2) is 30.3 Å². The third-order valence-electron chi connectivity index (χ3n) is 2.97. The highest BCUT2D eigenvalue weighted by Crippen LogP contribution is 2.18. The molecule has 1 unspecified atom stereocenters. The summed E-state index contributed by atoms with van der Waals surface area (Å²) in [4.78, 5) is 22.9. The van der Waals surface area contributed by atoms with E-state index in [-0.39, 0.29) is 12.5 Å². The van der Waals surface area contributed by atoms with Crippen LogP contribution in [0, 0.1) is 5.41 Å². The molecular formula is C14H20N2O3. The molecule has 1 aromatic carbocycles. The van der Waals surface area contributed by atoms with E-state index in [0.29, 0.717) is 5.56 Å². The van der Waals surface area contributed by atoms with Crippen molar-refractivity contribution >= 4 is 11.9 Å². The smallest absolute Gasteiger partial charge is 0.325 e. The first kappa shape index (κ1) is 15.2. The Morgan fingerprint density at radius 3 is 2.32 bits per heavy atom. The molecule has 5 heteroatoms. The van der Waals surface area contributed by atoms with Gasteiger partial charge in [-0.2, -0.15) is 0 Å². The first-order chi connectivity index (χ1) is 8.88. The molecule has 1 rings (SSSR count). The van der Waals surface area contributed by atoms with Gasteiger partial charge in [-0.05, 0) is 19.4 Å². The molecule has 0 aliphatic rings. The van der Waals surface area contributed by atoms with E-state index in [1.54, 1.807) is 45.2 Å². The highest BCUT2D eigenvalue weighted by Gasteiger charge is 2.29. The molecule has 0 saturated heterocycles. The number of nitrogens with one attached hydrogen (secondary N) is 2. The number of carbonyl (C=O) groups excluding carboxylic acids is 1. The zero-order valence-electron chi connectivity index (χ0n) is 11.4. The van der Waals surface area contributed by atoms with Gasteiger partial charge in [0, 0.05) is 13.6 Å². The van der Waals surface area contributed by atoms with Gasteiger partial charge in [-0.3, -0.25) is 14.9 Å². The summed E-state index contributed by atoms with van der Waals surface area (Å²) in [5, 5.41) is 14.8. The van der Waals surface area contributed by atoms with Crippen LogP contribution >= 0.6 is 0 Å². The number of carboxylic acids is 1. The topological polar surface area (TPSA) is 78.4 Å². The second-order valence-electron chi connectivity index (χ2n) is 5.03. The van der Waals surface area contributed by atoms with Gasteiger partial charge in [0.15, 0.2) is 0 Å². The molecular weight excluding hydrogens is 244 g/mol. The van der Waals surface area contributed by atoms with E-state index in [9.17, 15) is 14.7 Å². The Hall–Kier alpha value is -1.88. The van der Waals surface area contributed by atoms with Gasteiger partial charge in [-0.1, -0.05) is 30.3 Å². The minimum Gasteiger partial charge on any atom is -0.480 e. The Morgan fingerprint density at radius 2 is 1.84 bits per heavy atom. The summed E-state index contributed by atoms with van der Waals surface area (Å²) in [6.07, 6.45) is 0. The molecule has 5 nitrogen and oxygen atoms in total. The van der Waals surface area contributed by atoms with E-state index in [2.05, 4.69) is 10.6 Å². The van der Waals surface area contributed by atoms with Gasteiger partial charge < -0.3 is 10.4 Å². The molecule has 0 aliphatic carbocycles. The van der Waals surface area contributed by atoms with E-state index in [0.717, 1.165) is 0 Å². The maximum Gasteiger partial charge on any atom is 0.325 e. The summed E-state index contributed by atoms with van der Waals surface area (Å²) in [7, 11) is 1.57. The standard InChI is InChI=1S/C14H20N2O3/c1-14(2,13(19)15-3)9-16-11(12(17)18)10-7-5-4-6-8-10/h4-8,11,16H,9H2,1-3H3,(H,15,19)(H,17,18). The third-order valence-corrected chi connectivity index (χ3v) is 2.97. The second-order valence-corrected chi connectivity index (χ2v) is 5.03. The van der Waals surface area contributed by atoms with E-state index < -0.39 is 17.4 Å². The van der Waals surface area contributed by atoms with Crippen molar-refractivity contribution in [1.29, 1.82) is 0 Å². The number of hydrogen-bond donors (Lipinski definition) is 3. The zero-order chi connectivity index (χ0) is 14.5. The van der Waals surface area contributed by atoms with Crippen LogP contribution in [-0.4, -0.2) is 30.6 Å². The van der Waals surface area contributed by atoms with Crippen molar-refractivity contribution in [3.8, 4) is 0 Å². The Bertz CT molecular complexity index is 443. The quantitative estimate of drug-likeness (QED) is 0.721. The highest BCUT2D eigenvalue weighted by atomic mass is 16.4. The number of carboxylic acid groups (broad SMARTS) is 1. The fourth-order valence-electron chi connectivity index (χ4n) is 1.77. The van der Waals surface area contributed by atoms with Gasteiger partial charge >= 0.3 is 5.97 Å². The third kappa shape index (κ3) is 4.06. The van der Waals surface area contributed by atoms with Gasteiger partial charge in [0.25, 0.3) is 0 Å². The molecule has 0 aliphatic heterocycles. The number of amides is 1. The Morgan fingerprint density at radius 1 is 1.26 bits per heavy atom. The molecule has 3 N–H and O–H groups in total. The van der Waals surface area contributed by atoms with Crippen LogP contribution in [0.3, 0.4) is 0 Å². The lowest BCUT2D eigenvalue weighted by Gasteiger charge is -2.25. The largest absolute Gasteiger partial charge is 0.480 e. The predicted molar refractivity (Wildman–Crippen MR) is 72.7 cm³/mol. The van der Waals surface area contributed by atoms with Crippen molar-refractivity contribution < 1.29 is 14.7 Å². The lowest BCUT2D eigenvalue weighted by molar-refractivity contribution is -0.140. The van der Waals surface area contributed by atoms with Crippen LogP contribution in [0.25, 0.3) is 0 Å². The normalized spacial score (nSPS) is 12.8. The van der Waals surface area contributed by atoms with Crippen molar-refractivity contribution in [2.75, 3.05) is 13.6 Å². The minimum absolute atomic E-state index is 0.128. The number of carbonyl (C=O) groups is 2. The molecule has 1 amide bonds. The average Bonchev–Trinajstić information content (AvgIpc) is 2.38. The van der Waals surface area contributed by atoms with Crippen molar-refractivity contribution in [3.05, 3.63) is 35.9 Å². The van der Waals surface area contributed by atoms with Crippen LogP contribution in [0.2, 0.25) is 0 Å². The van der Waals surface area contributed by atoms with Gasteiger partial charge in [0.2, 0.25) is 5.91 Å². The molecule has 0 heterocycles. The van der Waals surface area contributed by atoms with E-state index in [1.807, 2.05) is 6.07 Å². The van der Waals surface area contributed by atoms with E-state index in [4.69, 9.17) is 0 Å². The fourth-order valence-corrected chi connectivity index (χ4v) is 1.77. The second kappa shape index (κ2) is 6.33. The summed E-state index contributed by atoms with van der Waals surface area (Å²) in [5.74, 6) is -1.09. The molecule has 0 saturated carbocycles. The zero-order valence-corrected chi connectivity index (χ0v) is 11.4. The lowest BCUT2D eigenvalue weighted by atomic mass is 9.91. The maximum absolute atomic E-state index is 11.7. The Kier molecular flexibility index (Phi) is 5.06. The summed E-state index contributed by atoms with van der Waals surface area (Å²) < 4.78 is 0. The summed E-state index contributed by atoms with van der Waals surface area (Å²) in [6, 6.07) is 8.09. The van der Waals surface area contributed by atoms with Crippen molar-refractivity contribution in [1.82, 2.24) is 10.6 Å². The van der Waals surface area contributed by atoms with Crippen LogP contribution < -0.4 is 10.6 Å². The van der Waals surface area contributed by atoms with Crippen molar-refractivity contribution in [2.45, 2.75) is 19.9 Å². The average molecular weight is 264 g/mol. The van der Waals surface area contributed by atoms with Crippen LogP contribution in [0.1, 0.15) is 25.5 Å². The first-order valence-corrected chi connectivity index (χ1v) is 6.12. The molecule has 0 spiro atoms. The molecule has 1 atom stereocenters. The van der Waals surface area contributed by atoms with E-state index >= 15 is 0 Å². The molecule has 1 aromatic rings. The Labute approximate surface area is 113 Å². The molecule has 19 heavy (non-hydrogen) atoms. The van der Waals surface area contributed by atoms with Crippen molar-refractivity contribution in [3.63, 3.8) is 0 Å². The maximum atomic E-state index is 11.7. The van der Waals surface area contributed by atoms with Gasteiger partial charge in [-0.25, -0.2) is 0 Å². The van der Waals surface area contributed by atoms with Gasteiger partial charge in [0.1, 0.15) is 6.04 Å². The molecule has 0 aromatic heterocycles. The number of aliphatic carboxylic acids is 1. The predicted octanol–water partition coefficient (Wildman–Crippen LogP) is 1.17. The van der Waals surface area contributed by atoms with Crippen LogP contribution in [-0.2, 0) is 9.59 Å². The highest BCUT2D eigenvalue weighted by molar-refractivity contribution is 5.82. The number of benzene rings is 1. The fraction of sp³-hybridized carbons (Fsp3) is 0.429. The lowest BCUT2D eigenvalue weighted by Crippen LogP contribution is -2.44. The van der Waals surface area contributed by atoms with Gasteiger partial charge in [-0.15, -0.1) is 0 Å². The number of rotatable bonds is 6. The molecule has 0 radical (unpaired) electrons. The molecule has 0 fully saturated rings. The molecule has 0 bridgehead atoms. The van der Waals surface area contributed by atoms with Gasteiger partial charge in [0.05, 0.1) is 5.41 Å². The summed E-state index contributed by atoms with van der Waals surface area (Å²) >= 11 is 0. The SMILES string of the molecule is CNC(=O)C(C)(C)CNC(C(=O)O)c1ccccc1. The molecule has 104 valence electrons. The van der Waals surface area contributed by atoms with Crippen molar-refractivity contribution in [2.24, 2.45) is 5.41 Å².